The van der Waals surface area contributed by atoms with Crippen molar-refractivity contribution in [2.45, 2.75) is 20.8 Å². The maximum atomic E-state index is 5.86. The number of rotatable bonds is 10. The van der Waals surface area contributed by atoms with E-state index in [2.05, 4.69) is 23.7 Å². The summed E-state index contributed by atoms with van der Waals surface area (Å²) in [5.74, 6) is 0.820. The summed E-state index contributed by atoms with van der Waals surface area (Å²) >= 11 is 0. The third kappa shape index (κ3) is 6.39. The van der Waals surface area contributed by atoms with Crippen LogP contribution in [0.3, 0.4) is 0 Å². The van der Waals surface area contributed by atoms with Crippen LogP contribution in [-0.2, 0) is 9.57 Å². The van der Waals surface area contributed by atoms with Gasteiger partial charge in [-0.1, -0.05) is 19.9 Å². The molecule has 0 fully saturated rings. The van der Waals surface area contributed by atoms with Crippen LogP contribution in [0.2, 0.25) is 0 Å². The number of aromatic nitrogens is 1. The van der Waals surface area contributed by atoms with Crippen LogP contribution in [-0.4, -0.2) is 43.2 Å². The van der Waals surface area contributed by atoms with Gasteiger partial charge in [0.25, 0.3) is 0 Å². The first-order valence-corrected chi connectivity index (χ1v) is 7.75. The molecule has 0 aliphatic heterocycles. The lowest BCUT2D eigenvalue weighted by Crippen LogP contribution is -2.79. The average Bonchev–Trinajstić information content (AvgIpc) is 2.57. The maximum Gasteiger partial charge on any atom is 0.191 e. The molecule has 1 rings (SSSR count). The molecule has 0 aliphatic carbocycles. The fourth-order valence-electron chi connectivity index (χ4n) is 2.02. The first-order chi connectivity index (χ1) is 10.7. The number of nitrogens with two attached hydrogens (primary N) is 1. The molecule has 1 aromatic rings. The van der Waals surface area contributed by atoms with E-state index in [9.17, 15) is 0 Å². The highest BCUT2D eigenvalue weighted by Gasteiger charge is 2.09. The Morgan fingerprint density at radius 2 is 2.09 bits per heavy atom. The van der Waals surface area contributed by atoms with Gasteiger partial charge in [-0.25, -0.2) is 4.84 Å². The van der Waals surface area contributed by atoms with E-state index in [1.54, 1.807) is 18.8 Å². The molecule has 1 aromatic heterocycles. The quantitative estimate of drug-likeness (QED) is 0.407. The Balaban J connectivity index is 2.71. The van der Waals surface area contributed by atoms with Crippen molar-refractivity contribution in [3.63, 3.8) is 0 Å². The molecule has 0 aliphatic rings. The van der Waals surface area contributed by atoms with Crippen LogP contribution in [0.15, 0.2) is 42.3 Å². The van der Waals surface area contributed by atoms with Gasteiger partial charge in [-0.05, 0) is 38.2 Å². The second kappa shape index (κ2) is 11.0. The lowest BCUT2D eigenvalue weighted by atomic mass is 10.2. The number of ether oxygens (including phenoxy) is 1. The molecule has 0 saturated heterocycles. The minimum Gasteiger partial charge on any atom is -0.492 e. The fourth-order valence-corrected chi connectivity index (χ4v) is 2.02. The molecular formula is C17H28N3O2+. The number of hydrogen-bond acceptors (Lipinski definition) is 4. The lowest BCUT2D eigenvalue weighted by Gasteiger charge is -2.18. The van der Waals surface area contributed by atoms with Gasteiger partial charge in [0.05, 0.1) is 7.11 Å². The molecule has 0 aromatic carbocycles. The number of hydrogen-bond donors (Lipinski definition) is 1. The Morgan fingerprint density at radius 1 is 1.32 bits per heavy atom. The highest BCUT2D eigenvalue weighted by Crippen LogP contribution is 2.09. The van der Waals surface area contributed by atoms with Gasteiger partial charge < -0.3 is 9.64 Å². The van der Waals surface area contributed by atoms with Crippen LogP contribution in [0.4, 0.5) is 0 Å². The van der Waals surface area contributed by atoms with Gasteiger partial charge >= 0.3 is 0 Å². The summed E-state index contributed by atoms with van der Waals surface area (Å²) in [5.41, 5.74) is 3.43. The van der Waals surface area contributed by atoms with Gasteiger partial charge in [-0.2, -0.15) is 5.48 Å². The molecule has 0 amide bonds. The minimum absolute atomic E-state index is 0.667. The van der Waals surface area contributed by atoms with Crippen molar-refractivity contribution in [1.29, 1.82) is 0 Å². The molecule has 2 N–H and O–H groups in total. The lowest BCUT2D eigenvalue weighted by molar-refractivity contribution is -0.824. The minimum atomic E-state index is 0.667. The van der Waals surface area contributed by atoms with E-state index in [0.717, 1.165) is 36.8 Å². The number of quaternary nitrogens is 1. The molecular weight excluding hydrogens is 278 g/mol. The third-order valence-corrected chi connectivity index (χ3v) is 3.36. The monoisotopic (exact) mass is 306 g/mol. The van der Waals surface area contributed by atoms with Crippen molar-refractivity contribution in [3.05, 3.63) is 48.0 Å². The van der Waals surface area contributed by atoms with Crippen LogP contribution in [0.5, 0.6) is 0 Å². The van der Waals surface area contributed by atoms with Crippen molar-refractivity contribution < 1.29 is 15.1 Å². The van der Waals surface area contributed by atoms with Gasteiger partial charge in [0, 0.05) is 18.8 Å². The normalized spacial score (nSPS) is 12.8. The first-order valence-electron chi connectivity index (χ1n) is 7.75. The van der Waals surface area contributed by atoms with Crippen molar-refractivity contribution in [3.8, 4) is 0 Å². The Hall–Kier alpha value is -1.69. The molecule has 0 atom stereocenters. The van der Waals surface area contributed by atoms with Crippen LogP contribution < -0.4 is 5.48 Å². The summed E-state index contributed by atoms with van der Waals surface area (Å²) in [4.78, 5) is 11.8. The van der Waals surface area contributed by atoms with E-state index in [-0.39, 0.29) is 0 Å². The van der Waals surface area contributed by atoms with E-state index >= 15 is 0 Å². The zero-order valence-corrected chi connectivity index (χ0v) is 14.1. The molecule has 0 saturated carbocycles. The number of hydroxylamine groups is 1. The van der Waals surface area contributed by atoms with Crippen LogP contribution >= 0.6 is 0 Å². The van der Waals surface area contributed by atoms with Crippen molar-refractivity contribution in [2.24, 2.45) is 0 Å². The summed E-state index contributed by atoms with van der Waals surface area (Å²) in [6, 6.07) is 5.80. The van der Waals surface area contributed by atoms with Crippen LogP contribution in [0.25, 0.3) is 5.70 Å². The molecule has 0 radical (unpaired) electrons. The van der Waals surface area contributed by atoms with E-state index in [1.165, 1.54) is 0 Å². The van der Waals surface area contributed by atoms with Gasteiger partial charge in [-0.15, -0.1) is 0 Å². The zero-order chi connectivity index (χ0) is 16.2. The number of allylic oxidation sites excluding steroid dienone is 2. The van der Waals surface area contributed by atoms with Crippen LogP contribution in [0, 0.1) is 0 Å². The van der Waals surface area contributed by atoms with Crippen molar-refractivity contribution in [1.82, 2.24) is 9.88 Å². The Labute approximate surface area is 133 Å². The molecule has 0 unspecified atom stereocenters. The molecule has 0 spiro atoms. The Kier molecular flexibility index (Phi) is 9.14. The second-order valence-corrected chi connectivity index (χ2v) is 4.73. The number of likely N-dealkylation sites (N-methyl/N-ethyl adjacent to an activating group) is 1. The smallest absolute Gasteiger partial charge is 0.191 e. The zero-order valence-electron chi connectivity index (χ0n) is 14.1. The fraction of sp³-hybridized carbons (Fsp3) is 0.471. The summed E-state index contributed by atoms with van der Waals surface area (Å²) in [5, 5.41) is 0. The molecule has 122 valence electrons. The SMILES string of the molecule is C/C=C(\C=C(/[NH2+]OC)c1ccccn1)OCCN(CC)CC. The van der Waals surface area contributed by atoms with E-state index in [0.29, 0.717) is 6.61 Å². The largest absolute Gasteiger partial charge is 0.492 e. The number of pyridine rings is 1. The van der Waals surface area contributed by atoms with E-state index in [4.69, 9.17) is 9.57 Å². The maximum absolute atomic E-state index is 5.86. The summed E-state index contributed by atoms with van der Waals surface area (Å²) in [6.45, 7) is 9.95. The summed E-state index contributed by atoms with van der Waals surface area (Å²) < 4.78 is 5.86. The van der Waals surface area contributed by atoms with E-state index < -0.39 is 0 Å². The van der Waals surface area contributed by atoms with Crippen molar-refractivity contribution >= 4 is 5.70 Å². The molecule has 1 heterocycles. The van der Waals surface area contributed by atoms with E-state index in [1.807, 2.05) is 37.3 Å². The molecule has 0 bridgehead atoms. The topological polar surface area (TPSA) is 51.2 Å². The Bertz CT molecular complexity index is 468. The molecule has 5 heteroatoms. The molecule has 22 heavy (non-hydrogen) atoms. The third-order valence-electron chi connectivity index (χ3n) is 3.36. The summed E-state index contributed by atoms with van der Waals surface area (Å²) in [7, 11) is 1.63. The Morgan fingerprint density at radius 3 is 2.64 bits per heavy atom. The second-order valence-electron chi connectivity index (χ2n) is 4.73. The first kappa shape index (κ1) is 18.4. The van der Waals surface area contributed by atoms with Crippen LogP contribution in [0.1, 0.15) is 26.5 Å². The standard InChI is InChI=1S/C17H27N3O2/c1-5-15(22-13-12-20(6-2)7-3)14-17(19-21-4)16-10-8-9-11-18-16/h5,8-11,14,19H,6-7,12-13H2,1-4H3/p+1/b15-5+,17-14-. The van der Waals surface area contributed by atoms with Gasteiger partial charge in [0.2, 0.25) is 0 Å². The molecule has 5 nitrogen and oxygen atoms in total. The van der Waals surface area contributed by atoms with Gasteiger partial charge in [0.15, 0.2) is 5.70 Å². The average molecular weight is 306 g/mol. The highest BCUT2D eigenvalue weighted by molar-refractivity contribution is 5.56. The summed E-state index contributed by atoms with van der Waals surface area (Å²) in [6.07, 6.45) is 5.67. The van der Waals surface area contributed by atoms with Gasteiger partial charge in [0.1, 0.15) is 18.1 Å². The predicted octanol–water partition coefficient (Wildman–Crippen LogP) is 1.81. The highest BCUT2D eigenvalue weighted by atomic mass is 16.6. The predicted molar refractivity (Wildman–Crippen MR) is 88.6 cm³/mol. The van der Waals surface area contributed by atoms with Crippen molar-refractivity contribution in [2.75, 3.05) is 33.4 Å². The van der Waals surface area contributed by atoms with Gasteiger partial charge in [-0.3, -0.25) is 4.98 Å². The number of nitrogens with zero attached hydrogens (tertiary/aromatic N) is 2.